The van der Waals surface area contributed by atoms with Crippen molar-refractivity contribution in [1.82, 2.24) is 0 Å². The highest BCUT2D eigenvalue weighted by Gasteiger charge is 2.37. The second-order valence-corrected chi connectivity index (χ2v) is 20.0. The van der Waals surface area contributed by atoms with Crippen LogP contribution in [0.2, 0.25) is 13.1 Å². The quantitative estimate of drug-likeness (QED) is 0.151. The van der Waals surface area contributed by atoms with E-state index in [1.165, 1.54) is 49.1 Å². The van der Waals surface area contributed by atoms with E-state index >= 15 is 0 Å². The fraction of sp³-hybridized carbons (Fsp3) is 0.0370. The largest absolute Gasteiger partial charge is 0.454 e. The molecule has 1 aliphatic heterocycles. The molecule has 0 atom stereocenters. The van der Waals surface area contributed by atoms with Crippen LogP contribution >= 0.6 is 0 Å². The van der Waals surface area contributed by atoms with Crippen LogP contribution in [0.1, 0.15) is 0 Å². The number of para-hydroxylation sites is 5. The summed E-state index contributed by atoms with van der Waals surface area (Å²) in [6, 6.07) is 74.7. The van der Waals surface area contributed by atoms with Gasteiger partial charge in [0.15, 0.2) is 5.58 Å². The molecule has 0 bridgehead atoms. The minimum absolute atomic E-state index is 0.890. The van der Waals surface area contributed by atoms with Gasteiger partial charge in [-0.2, -0.15) is 0 Å². The first kappa shape index (κ1) is 34.1. The van der Waals surface area contributed by atoms with Gasteiger partial charge in [-0.05, 0) is 93.1 Å². The van der Waals surface area contributed by atoms with E-state index in [1.807, 2.05) is 6.07 Å². The fourth-order valence-electron chi connectivity index (χ4n) is 9.33. The van der Waals surface area contributed by atoms with Crippen molar-refractivity contribution in [3.8, 4) is 22.3 Å². The third-order valence-electron chi connectivity index (χ3n) is 12.0. The molecule has 3 nitrogen and oxygen atoms in total. The van der Waals surface area contributed by atoms with Gasteiger partial charge in [0.1, 0.15) is 13.7 Å². The number of fused-ring (bicyclic) bond motifs is 5. The van der Waals surface area contributed by atoms with Crippen LogP contribution in [-0.2, 0) is 0 Å². The standard InChI is InChI=1S/C54H40N2OSi/c1-58(2)51-31-17-27-46-48(56(39-22-10-5-11-23-39)47-28-14-12-24-41(47)37-18-6-3-7-19-37)35-34-44(53(46)51)43-33-32-40(36-52(43)58)55(38-20-8-4-9-21-38)49-29-16-26-45-42-25-13-15-30-50(42)57-54(45)49/h3-36H,1-2H3. The Morgan fingerprint density at radius 1 is 0.379 bits per heavy atom. The van der Waals surface area contributed by atoms with Crippen molar-refractivity contribution in [2.45, 2.75) is 13.1 Å². The molecule has 0 spiro atoms. The van der Waals surface area contributed by atoms with Crippen molar-refractivity contribution in [3.63, 3.8) is 0 Å². The summed E-state index contributed by atoms with van der Waals surface area (Å²) in [5.74, 6) is 0. The minimum Gasteiger partial charge on any atom is -0.454 e. The number of anilines is 6. The van der Waals surface area contributed by atoms with Crippen LogP contribution in [0.5, 0.6) is 0 Å². The topological polar surface area (TPSA) is 19.6 Å². The van der Waals surface area contributed by atoms with Gasteiger partial charge in [-0.25, -0.2) is 0 Å². The summed E-state index contributed by atoms with van der Waals surface area (Å²) < 4.78 is 6.64. The summed E-state index contributed by atoms with van der Waals surface area (Å²) in [4.78, 5) is 4.82. The first-order chi connectivity index (χ1) is 28.6. The number of hydrogen-bond donors (Lipinski definition) is 0. The Balaban J connectivity index is 1.11. The Morgan fingerprint density at radius 3 is 1.78 bits per heavy atom. The van der Waals surface area contributed by atoms with Crippen LogP contribution in [0.25, 0.3) is 55.0 Å². The summed E-state index contributed by atoms with van der Waals surface area (Å²) in [5, 5.41) is 7.77. The van der Waals surface area contributed by atoms with E-state index in [1.54, 1.807) is 0 Å². The maximum Gasteiger partial charge on any atom is 0.159 e. The molecule has 0 aliphatic carbocycles. The summed E-state index contributed by atoms with van der Waals surface area (Å²) >= 11 is 0. The number of rotatable bonds is 7. The third-order valence-corrected chi connectivity index (χ3v) is 15.6. The number of nitrogens with zero attached hydrogens (tertiary/aromatic N) is 2. The molecule has 58 heavy (non-hydrogen) atoms. The Labute approximate surface area is 339 Å². The number of furan rings is 1. The molecule has 276 valence electrons. The summed E-state index contributed by atoms with van der Waals surface area (Å²) in [6.45, 7) is 5.04. The molecule has 0 saturated carbocycles. The summed E-state index contributed by atoms with van der Waals surface area (Å²) in [7, 11) is -2.27. The molecule has 9 aromatic carbocycles. The van der Waals surface area contributed by atoms with E-state index in [2.05, 4.69) is 223 Å². The van der Waals surface area contributed by atoms with Crippen LogP contribution in [0, 0.1) is 0 Å². The Kier molecular flexibility index (Phi) is 7.95. The van der Waals surface area contributed by atoms with Gasteiger partial charge in [0.25, 0.3) is 0 Å². The lowest BCUT2D eigenvalue weighted by molar-refractivity contribution is 0.669. The van der Waals surface area contributed by atoms with Crippen LogP contribution in [0.4, 0.5) is 34.1 Å². The van der Waals surface area contributed by atoms with Crippen molar-refractivity contribution < 1.29 is 4.42 Å². The summed E-state index contributed by atoms with van der Waals surface area (Å²) in [6.07, 6.45) is 0. The lowest BCUT2D eigenvalue weighted by Gasteiger charge is -2.36. The average Bonchev–Trinajstić information content (AvgIpc) is 3.67. The molecule has 0 fully saturated rings. The van der Waals surface area contributed by atoms with Gasteiger partial charge in [-0.15, -0.1) is 0 Å². The highest BCUT2D eigenvalue weighted by molar-refractivity contribution is 7.03. The van der Waals surface area contributed by atoms with Gasteiger partial charge in [0.05, 0.1) is 17.1 Å². The van der Waals surface area contributed by atoms with E-state index in [0.29, 0.717) is 0 Å². The lowest BCUT2D eigenvalue weighted by Crippen LogP contribution is -2.56. The molecule has 0 N–H and O–H groups in total. The monoisotopic (exact) mass is 760 g/mol. The van der Waals surface area contributed by atoms with Gasteiger partial charge in [-0.1, -0.05) is 159 Å². The van der Waals surface area contributed by atoms with E-state index in [9.17, 15) is 0 Å². The molecule has 0 amide bonds. The van der Waals surface area contributed by atoms with E-state index in [0.717, 1.165) is 50.4 Å². The molecule has 4 heteroatoms. The fourth-order valence-corrected chi connectivity index (χ4v) is 12.4. The van der Waals surface area contributed by atoms with Gasteiger partial charge >= 0.3 is 0 Å². The Hall–Kier alpha value is -7.14. The predicted octanol–water partition coefficient (Wildman–Crippen LogP) is 14.1. The van der Waals surface area contributed by atoms with Gasteiger partial charge < -0.3 is 14.2 Å². The number of benzene rings is 9. The van der Waals surface area contributed by atoms with Crippen LogP contribution in [-0.4, -0.2) is 8.07 Å². The molecule has 1 aliphatic rings. The van der Waals surface area contributed by atoms with Crippen molar-refractivity contribution >= 4 is 85.3 Å². The Morgan fingerprint density at radius 2 is 0.983 bits per heavy atom. The van der Waals surface area contributed by atoms with E-state index in [-0.39, 0.29) is 0 Å². The van der Waals surface area contributed by atoms with Crippen LogP contribution < -0.4 is 20.2 Å². The highest BCUT2D eigenvalue weighted by Crippen LogP contribution is 2.47. The second-order valence-electron chi connectivity index (χ2n) is 15.7. The highest BCUT2D eigenvalue weighted by atomic mass is 28.3. The summed E-state index contributed by atoms with van der Waals surface area (Å²) in [5.41, 5.74) is 13.5. The normalized spacial score (nSPS) is 12.8. The molecule has 10 aromatic rings. The Bertz CT molecular complexity index is 3150. The molecular formula is C54H40N2OSi. The second kappa shape index (κ2) is 13.5. The van der Waals surface area contributed by atoms with Gasteiger partial charge in [0, 0.05) is 38.8 Å². The molecule has 2 heterocycles. The molecular weight excluding hydrogens is 721 g/mol. The lowest BCUT2D eigenvalue weighted by atomic mass is 9.94. The first-order valence-corrected chi connectivity index (χ1v) is 23.0. The molecule has 1 aromatic heterocycles. The molecule has 0 radical (unpaired) electrons. The molecule has 0 saturated heterocycles. The van der Waals surface area contributed by atoms with E-state index < -0.39 is 8.07 Å². The average molecular weight is 761 g/mol. The smallest absolute Gasteiger partial charge is 0.159 e. The first-order valence-electron chi connectivity index (χ1n) is 20.0. The van der Waals surface area contributed by atoms with Gasteiger partial charge in [-0.3, -0.25) is 0 Å². The van der Waals surface area contributed by atoms with E-state index in [4.69, 9.17) is 4.42 Å². The maximum atomic E-state index is 6.64. The van der Waals surface area contributed by atoms with Crippen molar-refractivity contribution in [1.29, 1.82) is 0 Å². The third kappa shape index (κ3) is 5.33. The maximum absolute atomic E-state index is 6.64. The van der Waals surface area contributed by atoms with Crippen LogP contribution in [0.15, 0.2) is 211 Å². The van der Waals surface area contributed by atoms with Gasteiger partial charge in [0.2, 0.25) is 0 Å². The minimum atomic E-state index is -2.27. The molecule has 0 unspecified atom stereocenters. The number of hydrogen-bond acceptors (Lipinski definition) is 3. The molecule has 11 rings (SSSR count). The van der Waals surface area contributed by atoms with Crippen molar-refractivity contribution in [3.05, 3.63) is 206 Å². The zero-order valence-electron chi connectivity index (χ0n) is 32.4. The zero-order chi connectivity index (χ0) is 38.8. The van der Waals surface area contributed by atoms with Crippen molar-refractivity contribution in [2.24, 2.45) is 0 Å². The SMILES string of the molecule is C[Si]1(C)c2cc(N(c3ccccc3)c3cccc4c3oc3ccccc34)ccc2-c2ccc(N(c3ccccc3)c3ccccc3-c3ccccc3)c3cccc1c23. The zero-order valence-corrected chi connectivity index (χ0v) is 33.4. The van der Waals surface area contributed by atoms with Crippen molar-refractivity contribution in [2.75, 3.05) is 9.80 Å². The van der Waals surface area contributed by atoms with Crippen LogP contribution in [0.3, 0.4) is 0 Å². The predicted molar refractivity (Wildman–Crippen MR) is 248 cm³/mol.